The molecule has 108 valence electrons. The van der Waals surface area contributed by atoms with Crippen molar-refractivity contribution in [2.24, 2.45) is 0 Å². The van der Waals surface area contributed by atoms with Crippen molar-refractivity contribution in [3.63, 3.8) is 0 Å². The van der Waals surface area contributed by atoms with Gasteiger partial charge in [0.05, 0.1) is 6.61 Å². The van der Waals surface area contributed by atoms with E-state index < -0.39 is 0 Å². The number of amides is 1. The van der Waals surface area contributed by atoms with Gasteiger partial charge in [0.2, 0.25) is 0 Å². The van der Waals surface area contributed by atoms with Crippen LogP contribution in [0, 0.1) is 6.92 Å². The molecular weight excluding hydrogens is 266 g/mol. The topological polar surface area (TPSA) is 50.9 Å². The third-order valence-corrected chi connectivity index (χ3v) is 3.31. The van der Waals surface area contributed by atoms with E-state index >= 15 is 0 Å². The molecule has 1 unspecified atom stereocenters. The quantitative estimate of drug-likeness (QED) is 0.858. The number of nitrogens with one attached hydrogen (secondary N) is 1. The number of rotatable bonds is 5. The Morgan fingerprint density at radius 3 is 2.76 bits per heavy atom. The van der Waals surface area contributed by atoms with Crippen molar-refractivity contribution < 1.29 is 14.3 Å². The van der Waals surface area contributed by atoms with Crippen LogP contribution in [-0.2, 0) is 4.74 Å². The van der Waals surface area contributed by atoms with Gasteiger partial charge in [-0.15, -0.1) is 0 Å². The van der Waals surface area contributed by atoms with E-state index in [0.717, 1.165) is 23.6 Å². The molecule has 0 aromatic heterocycles. The first-order valence-corrected chi connectivity index (χ1v) is 6.94. The molecular formula is C17H17NO3. The second kappa shape index (κ2) is 5.97. The summed E-state index contributed by atoms with van der Waals surface area (Å²) < 4.78 is 10.8. The normalized spacial score (nSPS) is 16.3. The number of aryl methyl sites for hydroxylation is 1. The average Bonchev–Trinajstić information content (AvgIpc) is 3.31. The standard InChI is InChI=1S/C17H17NO3/c1-12-7-8-13(9-16(12)21-11-15-10-20-15)17(19)18-14-5-3-2-4-6-14/h2-9,15H,10-11H2,1H3,(H,18,19). The second-order valence-corrected chi connectivity index (χ2v) is 5.07. The van der Waals surface area contributed by atoms with Crippen LogP contribution in [0.3, 0.4) is 0 Å². The minimum atomic E-state index is -0.145. The Labute approximate surface area is 123 Å². The lowest BCUT2D eigenvalue weighted by Gasteiger charge is -2.10. The van der Waals surface area contributed by atoms with Crippen molar-refractivity contribution in [2.75, 3.05) is 18.5 Å². The summed E-state index contributed by atoms with van der Waals surface area (Å²) in [7, 11) is 0. The summed E-state index contributed by atoms with van der Waals surface area (Å²) in [5.74, 6) is 0.583. The van der Waals surface area contributed by atoms with Crippen LogP contribution in [0.25, 0.3) is 0 Å². The zero-order valence-electron chi connectivity index (χ0n) is 11.8. The van der Waals surface area contributed by atoms with E-state index in [4.69, 9.17) is 9.47 Å². The van der Waals surface area contributed by atoms with Gasteiger partial charge < -0.3 is 14.8 Å². The number of hydrogen-bond donors (Lipinski definition) is 1. The predicted octanol–water partition coefficient (Wildman–Crippen LogP) is 3.02. The van der Waals surface area contributed by atoms with Crippen LogP contribution in [0.4, 0.5) is 5.69 Å². The number of ether oxygens (including phenoxy) is 2. The third-order valence-electron chi connectivity index (χ3n) is 3.31. The summed E-state index contributed by atoms with van der Waals surface area (Å²) in [4.78, 5) is 12.2. The Balaban J connectivity index is 1.71. The van der Waals surface area contributed by atoms with Gasteiger partial charge in [-0.1, -0.05) is 24.3 Å². The van der Waals surface area contributed by atoms with Crippen LogP contribution in [0.1, 0.15) is 15.9 Å². The van der Waals surface area contributed by atoms with E-state index in [1.165, 1.54) is 0 Å². The maximum Gasteiger partial charge on any atom is 0.255 e. The average molecular weight is 283 g/mol. The van der Waals surface area contributed by atoms with Crippen LogP contribution >= 0.6 is 0 Å². The highest BCUT2D eigenvalue weighted by Gasteiger charge is 2.23. The number of carbonyl (C=O) groups is 1. The smallest absolute Gasteiger partial charge is 0.255 e. The minimum Gasteiger partial charge on any atom is -0.490 e. The maximum absolute atomic E-state index is 12.2. The Hall–Kier alpha value is -2.33. The zero-order chi connectivity index (χ0) is 14.7. The molecule has 1 aliphatic heterocycles. The molecule has 3 rings (SSSR count). The van der Waals surface area contributed by atoms with Gasteiger partial charge in [0.25, 0.3) is 5.91 Å². The lowest BCUT2D eigenvalue weighted by molar-refractivity contribution is 0.102. The van der Waals surface area contributed by atoms with Gasteiger partial charge in [0.1, 0.15) is 18.5 Å². The van der Waals surface area contributed by atoms with Crippen molar-refractivity contribution in [2.45, 2.75) is 13.0 Å². The van der Waals surface area contributed by atoms with Crippen LogP contribution < -0.4 is 10.1 Å². The Bertz CT molecular complexity index is 636. The van der Waals surface area contributed by atoms with Gasteiger partial charge in [-0.05, 0) is 36.8 Å². The fraction of sp³-hybridized carbons (Fsp3) is 0.235. The lowest BCUT2D eigenvalue weighted by atomic mass is 10.1. The zero-order valence-corrected chi connectivity index (χ0v) is 11.8. The van der Waals surface area contributed by atoms with Crippen LogP contribution in [0.2, 0.25) is 0 Å². The molecule has 4 heteroatoms. The van der Waals surface area contributed by atoms with Crippen molar-refractivity contribution in [3.8, 4) is 5.75 Å². The van der Waals surface area contributed by atoms with Gasteiger partial charge in [0.15, 0.2) is 0 Å². The van der Waals surface area contributed by atoms with E-state index in [2.05, 4.69) is 5.32 Å². The lowest BCUT2D eigenvalue weighted by Crippen LogP contribution is -2.12. The molecule has 4 nitrogen and oxygen atoms in total. The van der Waals surface area contributed by atoms with E-state index in [-0.39, 0.29) is 12.0 Å². The van der Waals surface area contributed by atoms with Gasteiger partial charge in [-0.3, -0.25) is 4.79 Å². The molecule has 2 aromatic carbocycles. The maximum atomic E-state index is 12.2. The fourth-order valence-corrected chi connectivity index (χ4v) is 1.97. The first kappa shape index (κ1) is 13.6. The summed E-state index contributed by atoms with van der Waals surface area (Å²) in [5, 5.41) is 2.86. The van der Waals surface area contributed by atoms with Gasteiger partial charge in [-0.25, -0.2) is 0 Å². The van der Waals surface area contributed by atoms with E-state index in [9.17, 15) is 4.79 Å². The van der Waals surface area contributed by atoms with Crippen molar-refractivity contribution in [1.29, 1.82) is 0 Å². The van der Waals surface area contributed by atoms with E-state index in [1.54, 1.807) is 12.1 Å². The molecule has 21 heavy (non-hydrogen) atoms. The van der Waals surface area contributed by atoms with E-state index in [0.29, 0.717) is 12.2 Å². The van der Waals surface area contributed by atoms with E-state index in [1.807, 2.05) is 43.3 Å². The highest BCUT2D eigenvalue weighted by molar-refractivity contribution is 6.04. The van der Waals surface area contributed by atoms with Gasteiger partial charge in [0, 0.05) is 11.3 Å². The number of hydrogen-bond acceptors (Lipinski definition) is 3. The monoisotopic (exact) mass is 283 g/mol. The molecule has 1 saturated heterocycles. The minimum absolute atomic E-state index is 0.145. The highest BCUT2D eigenvalue weighted by Crippen LogP contribution is 2.22. The summed E-state index contributed by atoms with van der Waals surface area (Å²) in [6.07, 6.45) is 0.200. The first-order valence-electron chi connectivity index (χ1n) is 6.94. The highest BCUT2D eigenvalue weighted by atomic mass is 16.6. The molecule has 0 spiro atoms. The Morgan fingerprint density at radius 2 is 2.05 bits per heavy atom. The molecule has 1 aliphatic rings. The summed E-state index contributed by atoms with van der Waals surface area (Å²) in [5.41, 5.74) is 2.36. The van der Waals surface area contributed by atoms with Crippen LogP contribution in [-0.4, -0.2) is 25.2 Å². The molecule has 1 N–H and O–H groups in total. The predicted molar refractivity (Wildman–Crippen MR) is 80.8 cm³/mol. The fourth-order valence-electron chi connectivity index (χ4n) is 1.97. The number of carbonyl (C=O) groups excluding carboxylic acids is 1. The summed E-state index contributed by atoms with van der Waals surface area (Å²) in [6.45, 7) is 3.25. The largest absolute Gasteiger partial charge is 0.490 e. The number of benzene rings is 2. The van der Waals surface area contributed by atoms with Crippen LogP contribution in [0.15, 0.2) is 48.5 Å². The molecule has 1 atom stereocenters. The van der Waals surface area contributed by atoms with Gasteiger partial charge in [-0.2, -0.15) is 0 Å². The van der Waals surface area contributed by atoms with Crippen molar-refractivity contribution >= 4 is 11.6 Å². The number of para-hydroxylation sites is 1. The molecule has 1 heterocycles. The molecule has 0 radical (unpaired) electrons. The Kier molecular flexibility index (Phi) is 3.88. The number of epoxide rings is 1. The molecule has 1 fully saturated rings. The third kappa shape index (κ3) is 3.61. The van der Waals surface area contributed by atoms with Crippen LogP contribution in [0.5, 0.6) is 5.75 Å². The summed E-state index contributed by atoms with van der Waals surface area (Å²) in [6, 6.07) is 14.9. The first-order chi connectivity index (χ1) is 10.2. The Morgan fingerprint density at radius 1 is 1.29 bits per heavy atom. The van der Waals surface area contributed by atoms with Gasteiger partial charge >= 0.3 is 0 Å². The summed E-state index contributed by atoms with van der Waals surface area (Å²) >= 11 is 0. The molecule has 1 amide bonds. The van der Waals surface area contributed by atoms with Crippen molar-refractivity contribution in [1.82, 2.24) is 0 Å². The molecule has 0 saturated carbocycles. The second-order valence-electron chi connectivity index (χ2n) is 5.07. The molecule has 2 aromatic rings. The number of anilines is 1. The molecule has 0 bridgehead atoms. The SMILES string of the molecule is Cc1ccc(C(=O)Nc2ccccc2)cc1OCC1CO1. The molecule has 0 aliphatic carbocycles. The van der Waals surface area contributed by atoms with Crippen molar-refractivity contribution in [3.05, 3.63) is 59.7 Å².